The van der Waals surface area contributed by atoms with Crippen LogP contribution in [0.5, 0.6) is 0 Å². The molecule has 31 heavy (non-hydrogen) atoms. The van der Waals surface area contributed by atoms with E-state index in [0.717, 1.165) is 16.7 Å². The molecule has 13 heteroatoms. The number of carbonyl (C=O) groups excluding carboxylic acids is 1. The number of amides is 1. The first-order valence-electron chi connectivity index (χ1n) is 8.99. The molecule has 4 rings (SSSR count). The van der Waals surface area contributed by atoms with Crippen molar-refractivity contribution in [3.63, 3.8) is 0 Å². The molecular formula is C18H14F6N6O. The van der Waals surface area contributed by atoms with Gasteiger partial charge >= 0.3 is 12.1 Å². The van der Waals surface area contributed by atoms with E-state index in [1.165, 1.54) is 6.07 Å². The van der Waals surface area contributed by atoms with Gasteiger partial charge in [0.2, 0.25) is 11.7 Å². The summed E-state index contributed by atoms with van der Waals surface area (Å²) >= 11 is 0. The van der Waals surface area contributed by atoms with E-state index >= 15 is 0 Å². The topological polar surface area (TPSA) is 85.1 Å². The minimum absolute atomic E-state index is 0.000389. The van der Waals surface area contributed by atoms with Gasteiger partial charge in [0.05, 0.1) is 10.9 Å². The zero-order valence-corrected chi connectivity index (χ0v) is 16.1. The number of alkyl halides is 5. The standard InChI is InChI=1S/C18H14F6N6O/c1-16(2)12-14(27-15(16)31)26-13(29-28-12)11-9-4-3-8(19)7-30(9)10(25-11)5-6-17(20,21)18(22,23)24/h3-4,7H,5-6H2,1-2H3,(H,26,27,29,31). The van der Waals surface area contributed by atoms with Crippen molar-refractivity contribution in [3.05, 3.63) is 35.7 Å². The Balaban J connectivity index is 1.77. The molecule has 1 N–H and O–H groups in total. The van der Waals surface area contributed by atoms with Crippen molar-refractivity contribution in [1.82, 2.24) is 24.6 Å². The fourth-order valence-corrected chi connectivity index (χ4v) is 3.18. The summed E-state index contributed by atoms with van der Waals surface area (Å²) in [5.74, 6) is -6.24. The average Bonchev–Trinajstić information content (AvgIpc) is 3.13. The molecule has 3 aromatic heterocycles. The first-order valence-corrected chi connectivity index (χ1v) is 8.99. The summed E-state index contributed by atoms with van der Waals surface area (Å²) in [7, 11) is 0. The predicted molar refractivity (Wildman–Crippen MR) is 94.9 cm³/mol. The lowest BCUT2D eigenvalue weighted by Crippen LogP contribution is -2.36. The monoisotopic (exact) mass is 444 g/mol. The van der Waals surface area contributed by atoms with Crippen molar-refractivity contribution in [2.24, 2.45) is 0 Å². The van der Waals surface area contributed by atoms with Crippen LogP contribution in [0.2, 0.25) is 0 Å². The highest BCUT2D eigenvalue weighted by Gasteiger charge is 2.56. The maximum atomic E-state index is 13.7. The van der Waals surface area contributed by atoms with Gasteiger partial charge in [0.15, 0.2) is 5.82 Å². The third kappa shape index (κ3) is 3.37. The second-order valence-electron chi connectivity index (χ2n) is 7.59. The summed E-state index contributed by atoms with van der Waals surface area (Å²) in [6.07, 6.45) is -7.16. The number of hydrogen-bond donors (Lipinski definition) is 1. The maximum Gasteiger partial charge on any atom is 0.453 e. The number of fused-ring (bicyclic) bond motifs is 2. The summed E-state index contributed by atoms with van der Waals surface area (Å²) in [5, 5.41) is 10.5. The van der Waals surface area contributed by atoms with Crippen LogP contribution < -0.4 is 5.32 Å². The number of aromatic nitrogens is 5. The SMILES string of the molecule is CC1(C)C(=O)Nc2nc(-c3nc(CCC(F)(F)C(F)(F)F)n4cc(F)ccc34)nnc21. The number of hydrogen-bond acceptors (Lipinski definition) is 5. The van der Waals surface area contributed by atoms with Gasteiger partial charge in [-0.1, -0.05) is 0 Å². The Kier molecular flexibility index (Phi) is 4.49. The second-order valence-corrected chi connectivity index (χ2v) is 7.59. The highest BCUT2D eigenvalue weighted by atomic mass is 19.4. The highest BCUT2D eigenvalue weighted by molar-refractivity contribution is 6.04. The third-order valence-electron chi connectivity index (χ3n) is 5.04. The number of imidazole rings is 1. The van der Waals surface area contributed by atoms with Crippen molar-refractivity contribution in [3.8, 4) is 11.5 Å². The van der Waals surface area contributed by atoms with Crippen LogP contribution in [0.1, 0.15) is 31.8 Å². The van der Waals surface area contributed by atoms with Crippen molar-refractivity contribution < 1.29 is 31.1 Å². The van der Waals surface area contributed by atoms with Crippen LogP contribution >= 0.6 is 0 Å². The molecule has 0 aliphatic carbocycles. The van der Waals surface area contributed by atoms with Gasteiger partial charge in [-0.15, -0.1) is 10.2 Å². The van der Waals surface area contributed by atoms with Crippen molar-refractivity contribution in [2.45, 2.75) is 44.2 Å². The molecule has 0 aromatic carbocycles. The Morgan fingerprint density at radius 2 is 1.81 bits per heavy atom. The number of halogens is 6. The number of pyridine rings is 1. The Bertz CT molecular complexity index is 1200. The van der Waals surface area contributed by atoms with Crippen molar-refractivity contribution >= 4 is 17.2 Å². The van der Waals surface area contributed by atoms with E-state index in [1.54, 1.807) is 13.8 Å². The summed E-state index contributed by atoms with van der Waals surface area (Å²) in [6.45, 7) is 3.25. The van der Waals surface area contributed by atoms with E-state index in [0.29, 0.717) is 5.69 Å². The summed E-state index contributed by atoms with van der Waals surface area (Å²) in [6, 6.07) is 2.34. The lowest BCUT2D eigenvalue weighted by molar-refractivity contribution is -0.284. The molecular weight excluding hydrogens is 430 g/mol. The fraction of sp³-hybridized carbons (Fsp3) is 0.389. The molecule has 0 fully saturated rings. The van der Waals surface area contributed by atoms with Crippen molar-refractivity contribution in [2.75, 3.05) is 5.32 Å². The lowest BCUT2D eigenvalue weighted by atomic mass is 9.91. The summed E-state index contributed by atoms with van der Waals surface area (Å²) in [5.41, 5.74) is -0.501. The van der Waals surface area contributed by atoms with Crippen LogP contribution in [0.25, 0.3) is 17.0 Å². The van der Waals surface area contributed by atoms with E-state index in [4.69, 9.17) is 0 Å². The van der Waals surface area contributed by atoms with Gasteiger partial charge in [-0.2, -0.15) is 22.0 Å². The van der Waals surface area contributed by atoms with Crippen LogP contribution in [0.15, 0.2) is 18.3 Å². The molecule has 0 atom stereocenters. The largest absolute Gasteiger partial charge is 0.453 e. The minimum Gasteiger partial charge on any atom is -0.308 e. The van der Waals surface area contributed by atoms with Gasteiger partial charge in [-0.05, 0) is 26.0 Å². The van der Waals surface area contributed by atoms with Gasteiger partial charge in [0.25, 0.3) is 0 Å². The molecule has 0 radical (unpaired) electrons. The number of rotatable bonds is 4. The van der Waals surface area contributed by atoms with Gasteiger partial charge in [0, 0.05) is 19.0 Å². The molecule has 1 aliphatic rings. The Morgan fingerprint density at radius 1 is 1.10 bits per heavy atom. The molecule has 1 amide bonds. The van der Waals surface area contributed by atoms with Crippen LogP contribution in [0.3, 0.4) is 0 Å². The zero-order chi connectivity index (χ0) is 22.8. The van der Waals surface area contributed by atoms with Crippen LogP contribution in [-0.2, 0) is 16.6 Å². The summed E-state index contributed by atoms with van der Waals surface area (Å²) in [4.78, 5) is 20.4. The molecule has 3 aromatic rings. The second kappa shape index (κ2) is 6.62. The lowest BCUT2D eigenvalue weighted by Gasteiger charge is -2.18. The Morgan fingerprint density at radius 3 is 2.48 bits per heavy atom. The number of carbonyl (C=O) groups is 1. The van der Waals surface area contributed by atoms with Gasteiger partial charge in [-0.3, -0.25) is 4.79 Å². The Hall–Kier alpha value is -3.25. The molecule has 7 nitrogen and oxygen atoms in total. The van der Waals surface area contributed by atoms with E-state index in [9.17, 15) is 31.1 Å². The van der Waals surface area contributed by atoms with E-state index in [2.05, 4.69) is 25.5 Å². The molecule has 4 heterocycles. The number of nitrogens with zero attached hydrogens (tertiary/aromatic N) is 5. The van der Waals surface area contributed by atoms with Gasteiger partial charge in [0.1, 0.15) is 23.0 Å². The normalized spacial score (nSPS) is 15.9. The highest BCUT2D eigenvalue weighted by Crippen LogP contribution is 2.39. The van der Waals surface area contributed by atoms with Crippen LogP contribution in [0, 0.1) is 5.82 Å². The molecule has 0 unspecified atom stereocenters. The molecule has 164 valence electrons. The summed E-state index contributed by atoms with van der Waals surface area (Å²) < 4.78 is 79.1. The smallest absolute Gasteiger partial charge is 0.308 e. The quantitative estimate of drug-likeness (QED) is 0.621. The maximum absolute atomic E-state index is 13.7. The first kappa shape index (κ1) is 21.0. The number of nitrogens with one attached hydrogen (secondary N) is 1. The molecule has 0 saturated carbocycles. The third-order valence-corrected chi connectivity index (χ3v) is 5.04. The fourth-order valence-electron chi connectivity index (χ4n) is 3.18. The van der Waals surface area contributed by atoms with E-state index in [-0.39, 0.29) is 34.6 Å². The number of anilines is 1. The van der Waals surface area contributed by atoms with Crippen LogP contribution in [-0.4, -0.2) is 42.6 Å². The molecule has 0 bridgehead atoms. The minimum atomic E-state index is -5.72. The number of aryl methyl sites for hydroxylation is 1. The van der Waals surface area contributed by atoms with E-state index in [1.807, 2.05) is 0 Å². The molecule has 0 spiro atoms. The van der Waals surface area contributed by atoms with Crippen molar-refractivity contribution in [1.29, 1.82) is 0 Å². The van der Waals surface area contributed by atoms with Gasteiger partial charge in [-0.25, -0.2) is 14.4 Å². The zero-order valence-electron chi connectivity index (χ0n) is 16.1. The molecule has 1 aliphatic heterocycles. The molecule has 0 saturated heterocycles. The predicted octanol–water partition coefficient (Wildman–Crippen LogP) is 3.69. The van der Waals surface area contributed by atoms with Crippen LogP contribution in [0.4, 0.5) is 32.2 Å². The van der Waals surface area contributed by atoms with E-state index < -0.39 is 36.2 Å². The van der Waals surface area contributed by atoms with Gasteiger partial charge < -0.3 is 9.72 Å². The first-order chi connectivity index (χ1) is 14.3. The average molecular weight is 444 g/mol. The Labute approximate surface area is 170 Å².